The summed E-state index contributed by atoms with van der Waals surface area (Å²) < 4.78 is 16.6. The maximum Gasteiger partial charge on any atom is 0.162 e. The Morgan fingerprint density at radius 1 is 1.04 bits per heavy atom. The van der Waals surface area contributed by atoms with Gasteiger partial charge in [-0.2, -0.15) is 5.26 Å². The molecule has 0 bridgehead atoms. The van der Waals surface area contributed by atoms with Crippen molar-refractivity contribution in [1.82, 2.24) is 0 Å². The Morgan fingerprint density at radius 2 is 1.87 bits per heavy atom. The smallest absolute Gasteiger partial charge is 0.162 e. The van der Waals surface area contributed by atoms with E-state index < -0.39 is 0 Å². The van der Waals surface area contributed by atoms with Gasteiger partial charge >= 0.3 is 0 Å². The van der Waals surface area contributed by atoms with Gasteiger partial charge in [-0.05, 0) is 23.8 Å². The lowest BCUT2D eigenvalue weighted by Crippen LogP contribution is -1.99. The predicted molar refractivity (Wildman–Crippen MR) is 86.2 cm³/mol. The average molecular weight is 305 g/mol. The Balaban J connectivity index is 1.95. The second-order valence-electron chi connectivity index (χ2n) is 4.91. The number of nitrogens with zero attached hydrogens (tertiary/aromatic N) is 1. The summed E-state index contributed by atoms with van der Waals surface area (Å²) in [4.78, 5) is 0. The minimum absolute atomic E-state index is 0.417. The van der Waals surface area contributed by atoms with Crippen LogP contribution in [-0.4, -0.2) is 7.11 Å². The lowest BCUT2D eigenvalue weighted by Gasteiger charge is -2.13. The molecular weight excluding hydrogens is 290 g/mol. The van der Waals surface area contributed by atoms with Gasteiger partial charge in [-0.3, -0.25) is 0 Å². The van der Waals surface area contributed by atoms with Gasteiger partial charge in [-0.15, -0.1) is 0 Å². The van der Waals surface area contributed by atoms with Crippen molar-refractivity contribution in [2.24, 2.45) is 0 Å². The maximum atomic E-state index is 9.35. The van der Waals surface area contributed by atoms with Crippen molar-refractivity contribution >= 4 is 0 Å². The van der Waals surface area contributed by atoms with Gasteiger partial charge in [0.2, 0.25) is 0 Å². The molecule has 0 radical (unpaired) electrons. The summed E-state index contributed by atoms with van der Waals surface area (Å²) in [6, 6.07) is 19.1. The minimum Gasteiger partial charge on any atom is -0.493 e. The molecule has 3 aromatic rings. The van der Waals surface area contributed by atoms with Gasteiger partial charge in [-0.25, -0.2) is 0 Å². The molecule has 2 aromatic carbocycles. The number of nitriles is 1. The molecule has 114 valence electrons. The fourth-order valence-corrected chi connectivity index (χ4v) is 2.30. The van der Waals surface area contributed by atoms with Crippen LogP contribution >= 0.6 is 0 Å². The predicted octanol–water partition coefficient (Wildman–Crippen LogP) is 4.41. The third kappa shape index (κ3) is 3.19. The van der Waals surface area contributed by atoms with Gasteiger partial charge < -0.3 is 13.9 Å². The van der Waals surface area contributed by atoms with Crippen LogP contribution in [0.15, 0.2) is 65.3 Å². The van der Waals surface area contributed by atoms with Crippen molar-refractivity contribution in [1.29, 1.82) is 5.26 Å². The monoisotopic (exact) mass is 305 g/mol. The van der Waals surface area contributed by atoms with Crippen LogP contribution in [0.1, 0.15) is 11.1 Å². The number of hydrogen-bond donors (Lipinski definition) is 0. The van der Waals surface area contributed by atoms with Crippen LogP contribution in [0.25, 0.3) is 11.3 Å². The standard InChI is InChI=1S/C19H15NO3/c1-21-18-10-15(12-20)16(17-8-5-9-22-17)11-19(18)23-13-14-6-3-2-4-7-14/h2-11H,13H2,1H3. The third-order valence-electron chi connectivity index (χ3n) is 3.45. The van der Waals surface area contributed by atoms with E-state index >= 15 is 0 Å². The first-order valence-corrected chi connectivity index (χ1v) is 7.14. The SMILES string of the molecule is COc1cc(C#N)c(-c2ccco2)cc1OCc1ccccc1. The Hall–Kier alpha value is -3.19. The van der Waals surface area contributed by atoms with Crippen LogP contribution in [0.3, 0.4) is 0 Å². The van der Waals surface area contributed by atoms with Crippen LogP contribution in [0.4, 0.5) is 0 Å². The fourth-order valence-electron chi connectivity index (χ4n) is 2.30. The molecule has 0 fully saturated rings. The Labute approximate surface area is 134 Å². The number of ether oxygens (including phenoxy) is 2. The zero-order chi connectivity index (χ0) is 16.1. The van der Waals surface area contributed by atoms with Crippen LogP contribution in [0, 0.1) is 11.3 Å². The summed E-state index contributed by atoms with van der Waals surface area (Å²) in [6.45, 7) is 0.417. The summed E-state index contributed by atoms with van der Waals surface area (Å²) in [6.07, 6.45) is 1.57. The first-order chi connectivity index (χ1) is 11.3. The van der Waals surface area contributed by atoms with Gasteiger partial charge in [-0.1, -0.05) is 30.3 Å². The van der Waals surface area contributed by atoms with Gasteiger partial charge in [0.05, 0.1) is 18.9 Å². The number of benzene rings is 2. The summed E-state index contributed by atoms with van der Waals surface area (Å²) in [5.74, 6) is 1.71. The molecule has 4 heteroatoms. The minimum atomic E-state index is 0.417. The molecule has 0 N–H and O–H groups in total. The number of rotatable bonds is 5. The second-order valence-corrected chi connectivity index (χ2v) is 4.91. The van der Waals surface area contributed by atoms with Crippen LogP contribution in [-0.2, 0) is 6.61 Å². The highest BCUT2D eigenvalue weighted by molar-refractivity contribution is 5.70. The third-order valence-corrected chi connectivity index (χ3v) is 3.45. The van der Waals surface area contributed by atoms with Crippen molar-refractivity contribution in [3.05, 3.63) is 72.0 Å². The molecule has 0 spiro atoms. The summed E-state index contributed by atoms with van der Waals surface area (Å²) in [5.41, 5.74) is 2.21. The van der Waals surface area contributed by atoms with E-state index in [1.165, 1.54) is 0 Å². The summed E-state index contributed by atoms with van der Waals surface area (Å²) >= 11 is 0. The fraction of sp³-hybridized carbons (Fsp3) is 0.105. The Bertz CT molecular complexity index is 818. The lowest BCUT2D eigenvalue weighted by atomic mass is 10.0. The molecule has 0 aliphatic carbocycles. The topological polar surface area (TPSA) is 55.4 Å². The van der Waals surface area contributed by atoms with E-state index in [2.05, 4.69) is 6.07 Å². The molecule has 0 amide bonds. The van der Waals surface area contributed by atoms with Gasteiger partial charge in [0.25, 0.3) is 0 Å². The van der Waals surface area contributed by atoms with Gasteiger partial charge in [0, 0.05) is 11.6 Å². The maximum absolute atomic E-state index is 9.35. The van der Waals surface area contributed by atoms with E-state index in [-0.39, 0.29) is 0 Å². The van der Waals surface area contributed by atoms with E-state index in [4.69, 9.17) is 13.9 Å². The highest BCUT2D eigenvalue weighted by Crippen LogP contribution is 2.36. The van der Waals surface area contributed by atoms with Crippen molar-refractivity contribution in [2.45, 2.75) is 6.61 Å². The normalized spacial score (nSPS) is 10.1. The number of hydrogen-bond acceptors (Lipinski definition) is 4. The first kappa shape index (κ1) is 14.7. The molecule has 3 rings (SSSR count). The Kier molecular flexibility index (Phi) is 4.30. The quantitative estimate of drug-likeness (QED) is 0.701. The zero-order valence-electron chi connectivity index (χ0n) is 12.7. The lowest BCUT2D eigenvalue weighted by molar-refractivity contribution is 0.284. The van der Waals surface area contributed by atoms with Crippen LogP contribution < -0.4 is 9.47 Å². The molecule has 0 saturated heterocycles. The summed E-state index contributed by atoms with van der Waals surface area (Å²) in [5, 5.41) is 9.35. The molecule has 1 heterocycles. The van der Waals surface area contributed by atoms with E-state index in [0.717, 1.165) is 5.56 Å². The van der Waals surface area contributed by atoms with Crippen molar-refractivity contribution in [3.8, 4) is 28.9 Å². The Morgan fingerprint density at radius 3 is 2.52 bits per heavy atom. The zero-order valence-corrected chi connectivity index (χ0v) is 12.7. The molecule has 4 nitrogen and oxygen atoms in total. The molecular formula is C19H15NO3. The van der Waals surface area contributed by atoms with Gasteiger partial charge in [0.15, 0.2) is 11.5 Å². The van der Waals surface area contributed by atoms with E-state index in [1.807, 2.05) is 36.4 Å². The molecule has 0 atom stereocenters. The van der Waals surface area contributed by atoms with E-state index in [9.17, 15) is 5.26 Å². The van der Waals surface area contributed by atoms with Crippen molar-refractivity contribution in [3.63, 3.8) is 0 Å². The molecule has 23 heavy (non-hydrogen) atoms. The molecule has 1 aromatic heterocycles. The van der Waals surface area contributed by atoms with Crippen LogP contribution in [0.5, 0.6) is 11.5 Å². The van der Waals surface area contributed by atoms with Crippen molar-refractivity contribution < 1.29 is 13.9 Å². The number of methoxy groups -OCH3 is 1. The molecule has 0 aliphatic rings. The average Bonchev–Trinajstić information content (AvgIpc) is 3.14. The van der Waals surface area contributed by atoms with E-state index in [1.54, 1.807) is 31.6 Å². The second kappa shape index (κ2) is 6.71. The summed E-state index contributed by atoms with van der Waals surface area (Å²) in [7, 11) is 1.55. The molecule has 0 saturated carbocycles. The molecule has 0 unspecified atom stereocenters. The largest absolute Gasteiger partial charge is 0.493 e. The highest BCUT2D eigenvalue weighted by Gasteiger charge is 2.15. The van der Waals surface area contributed by atoms with Gasteiger partial charge in [0.1, 0.15) is 18.4 Å². The first-order valence-electron chi connectivity index (χ1n) is 7.14. The van der Waals surface area contributed by atoms with Crippen LogP contribution in [0.2, 0.25) is 0 Å². The number of furan rings is 1. The molecule has 0 aliphatic heterocycles. The highest BCUT2D eigenvalue weighted by atomic mass is 16.5. The van der Waals surface area contributed by atoms with E-state index in [0.29, 0.717) is 35.0 Å². The van der Waals surface area contributed by atoms with Crippen molar-refractivity contribution in [2.75, 3.05) is 7.11 Å².